The minimum Gasteiger partial charge on any atom is -0.360 e. The van der Waals surface area contributed by atoms with Gasteiger partial charge in [0.2, 0.25) is 0 Å². The first-order chi connectivity index (χ1) is 13.8. The van der Waals surface area contributed by atoms with Crippen molar-refractivity contribution >= 4 is 50.7 Å². The predicted octanol–water partition coefficient (Wildman–Crippen LogP) is 2.71. The number of hydrogen-bond acceptors (Lipinski definition) is 6. The molecule has 0 spiro atoms. The smallest absolute Gasteiger partial charge is 0.131 e. The fraction of sp³-hybridized carbons (Fsp3) is 0.286. The van der Waals surface area contributed by atoms with Gasteiger partial charge in [0.05, 0.1) is 44.5 Å². The molecule has 0 aliphatic carbocycles. The number of nitrogens with zero attached hydrogens (tertiary/aromatic N) is 4. The topological polar surface area (TPSA) is 58.4 Å². The summed E-state index contributed by atoms with van der Waals surface area (Å²) in [4.78, 5) is 8.71. The van der Waals surface area contributed by atoms with Gasteiger partial charge in [0, 0.05) is 28.6 Å². The molecule has 142 valence electrons. The van der Waals surface area contributed by atoms with Gasteiger partial charge in [0.25, 0.3) is 0 Å². The third-order valence-corrected chi connectivity index (χ3v) is 6.16. The van der Waals surface area contributed by atoms with Crippen LogP contribution in [0.25, 0.3) is 21.9 Å². The Morgan fingerprint density at radius 3 is 2.61 bits per heavy atom. The lowest BCUT2D eigenvalue weighted by Crippen LogP contribution is -3.14. The number of quaternary nitrogens is 1. The molecule has 0 bridgehead atoms. The number of rotatable bonds is 4. The van der Waals surface area contributed by atoms with Gasteiger partial charge in [-0.3, -0.25) is 4.98 Å². The number of hydrogen-bond donors (Lipinski definition) is 2. The molecule has 2 aromatic carbocycles. The molecular weight excluding hydrogens is 368 g/mol. The third-order valence-electron chi connectivity index (χ3n) is 5.62. The van der Waals surface area contributed by atoms with Crippen LogP contribution in [0, 0.1) is 0 Å². The SMILES string of the molecule is CC[NH+]1CCN(c2ccc(Nc3ccnc4c3ccc3nsnc34)cc2)CC1. The van der Waals surface area contributed by atoms with E-state index in [9.17, 15) is 0 Å². The van der Waals surface area contributed by atoms with Crippen LogP contribution in [0.15, 0.2) is 48.7 Å². The van der Waals surface area contributed by atoms with Crippen molar-refractivity contribution in [3.63, 3.8) is 0 Å². The quantitative estimate of drug-likeness (QED) is 0.560. The van der Waals surface area contributed by atoms with E-state index in [4.69, 9.17) is 0 Å². The highest BCUT2D eigenvalue weighted by atomic mass is 32.1. The monoisotopic (exact) mass is 391 g/mol. The second kappa shape index (κ2) is 7.33. The van der Waals surface area contributed by atoms with Gasteiger partial charge in [0.1, 0.15) is 16.6 Å². The molecule has 5 rings (SSSR count). The molecule has 0 amide bonds. The average Bonchev–Trinajstić information content (AvgIpc) is 3.24. The zero-order valence-electron chi connectivity index (χ0n) is 15.9. The molecule has 4 aromatic rings. The van der Waals surface area contributed by atoms with E-state index in [0.29, 0.717) is 0 Å². The van der Waals surface area contributed by atoms with E-state index in [0.717, 1.165) is 46.4 Å². The molecule has 0 saturated carbocycles. The van der Waals surface area contributed by atoms with Crippen LogP contribution in [0.4, 0.5) is 17.1 Å². The lowest BCUT2D eigenvalue weighted by atomic mass is 10.1. The fourth-order valence-corrected chi connectivity index (χ4v) is 4.45. The number of likely N-dealkylation sites (N-methyl/N-ethyl adjacent to an activating group) is 1. The maximum Gasteiger partial charge on any atom is 0.131 e. The first-order valence-electron chi connectivity index (χ1n) is 9.77. The van der Waals surface area contributed by atoms with Crippen LogP contribution >= 0.6 is 11.7 Å². The molecule has 0 unspecified atom stereocenters. The predicted molar refractivity (Wildman–Crippen MR) is 116 cm³/mol. The van der Waals surface area contributed by atoms with Gasteiger partial charge in [-0.25, -0.2) is 0 Å². The number of anilines is 3. The molecule has 6 nitrogen and oxygen atoms in total. The van der Waals surface area contributed by atoms with Gasteiger partial charge in [-0.1, -0.05) is 0 Å². The summed E-state index contributed by atoms with van der Waals surface area (Å²) in [6.45, 7) is 8.19. The number of piperazine rings is 1. The summed E-state index contributed by atoms with van der Waals surface area (Å²) < 4.78 is 8.71. The van der Waals surface area contributed by atoms with Crippen LogP contribution in [0.3, 0.4) is 0 Å². The Hall–Kier alpha value is -2.77. The van der Waals surface area contributed by atoms with Crippen molar-refractivity contribution in [1.29, 1.82) is 0 Å². The fourth-order valence-electron chi connectivity index (χ4n) is 3.92. The molecule has 2 aromatic heterocycles. The number of benzene rings is 2. The third kappa shape index (κ3) is 3.16. The van der Waals surface area contributed by atoms with Crippen molar-refractivity contribution in [2.75, 3.05) is 42.9 Å². The van der Waals surface area contributed by atoms with Crippen molar-refractivity contribution < 1.29 is 4.90 Å². The van der Waals surface area contributed by atoms with E-state index in [2.05, 4.69) is 61.2 Å². The zero-order valence-corrected chi connectivity index (χ0v) is 16.7. The number of fused-ring (bicyclic) bond motifs is 3. The Balaban J connectivity index is 1.38. The molecule has 1 fully saturated rings. The largest absolute Gasteiger partial charge is 0.360 e. The zero-order chi connectivity index (χ0) is 18.9. The van der Waals surface area contributed by atoms with E-state index in [1.165, 1.54) is 37.0 Å². The van der Waals surface area contributed by atoms with Gasteiger partial charge in [0.15, 0.2) is 0 Å². The summed E-state index contributed by atoms with van der Waals surface area (Å²) in [7, 11) is 0. The van der Waals surface area contributed by atoms with Crippen LogP contribution in [0.5, 0.6) is 0 Å². The van der Waals surface area contributed by atoms with E-state index in [1.807, 2.05) is 18.3 Å². The van der Waals surface area contributed by atoms with Gasteiger partial charge < -0.3 is 15.1 Å². The Kier molecular flexibility index (Phi) is 4.54. The summed E-state index contributed by atoms with van der Waals surface area (Å²) in [5.74, 6) is 0. The molecule has 1 aliphatic rings. The molecule has 28 heavy (non-hydrogen) atoms. The van der Waals surface area contributed by atoms with Crippen LogP contribution in [-0.4, -0.2) is 46.5 Å². The number of pyridine rings is 1. The van der Waals surface area contributed by atoms with Crippen LogP contribution in [-0.2, 0) is 0 Å². The number of aromatic nitrogens is 3. The summed E-state index contributed by atoms with van der Waals surface area (Å²) in [6, 6.07) is 14.8. The van der Waals surface area contributed by atoms with Gasteiger partial charge in [-0.2, -0.15) is 8.75 Å². The average molecular weight is 392 g/mol. The highest BCUT2D eigenvalue weighted by Crippen LogP contribution is 2.30. The lowest BCUT2D eigenvalue weighted by molar-refractivity contribution is -0.898. The molecule has 0 atom stereocenters. The van der Waals surface area contributed by atoms with Crippen LogP contribution in [0.2, 0.25) is 0 Å². The van der Waals surface area contributed by atoms with Gasteiger partial charge in [-0.15, -0.1) is 0 Å². The molecule has 2 N–H and O–H groups in total. The number of nitrogens with one attached hydrogen (secondary N) is 2. The normalized spacial score (nSPS) is 15.4. The maximum absolute atomic E-state index is 4.53. The molecule has 1 aliphatic heterocycles. The second-order valence-corrected chi connectivity index (χ2v) is 7.74. The summed E-state index contributed by atoms with van der Waals surface area (Å²) in [5.41, 5.74) is 6.07. The summed E-state index contributed by atoms with van der Waals surface area (Å²) in [6.07, 6.45) is 1.83. The van der Waals surface area contributed by atoms with Crippen LogP contribution < -0.4 is 15.1 Å². The highest BCUT2D eigenvalue weighted by Gasteiger charge is 2.18. The van der Waals surface area contributed by atoms with Gasteiger partial charge in [-0.05, 0) is 49.4 Å². The minimum atomic E-state index is 0.870. The highest BCUT2D eigenvalue weighted by molar-refractivity contribution is 7.00. The van der Waals surface area contributed by atoms with Crippen molar-refractivity contribution in [3.05, 3.63) is 48.7 Å². The van der Waals surface area contributed by atoms with Crippen LogP contribution in [0.1, 0.15) is 6.92 Å². The van der Waals surface area contributed by atoms with Gasteiger partial charge >= 0.3 is 0 Å². The second-order valence-electron chi connectivity index (χ2n) is 7.21. The van der Waals surface area contributed by atoms with E-state index in [-0.39, 0.29) is 0 Å². The Bertz CT molecular complexity index is 1100. The molecule has 7 heteroatoms. The minimum absolute atomic E-state index is 0.870. The summed E-state index contributed by atoms with van der Waals surface area (Å²) in [5, 5.41) is 4.60. The van der Waals surface area contributed by atoms with Crippen molar-refractivity contribution in [3.8, 4) is 0 Å². The Labute approximate surface area is 168 Å². The molecule has 3 heterocycles. The molecule has 1 saturated heterocycles. The Morgan fingerprint density at radius 2 is 1.82 bits per heavy atom. The molecule has 0 radical (unpaired) electrons. The Morgan fingerprint density at radius 1 is 1.00 bits per heavy atom. The van der Waals surface area contributed by atoms with Crippen molar-refractivity contribution in [1.82, 2.24) is 13.7 Å². The van der Waals surface area contributed by atoms with Crippen molar-refractivity contribution in [2.24, 2.45) is 0 Å². The van der Waals surface area contributed by atoms with E-state index < -0.39 is 0 Å². The van der Waals surface area contributed by atoms with Crippen molar-refractivity contribution in [2.45, 2.75) is 6.92 Å². The standard InChI is InChI=1S/C21H22N6S/c1-2-26-11-13-27(14-12-26)16-5-3-15(4-6-16)23-18-9-10-22-20-17(18)7-8-19-21(20)25-28-24-19/h3-10H,2,11-14H2,1H3,(H,22,23)/p+1. The summed E-state index contributed by atoms with van der Waals surface area (Å²) >= 11 is 1.23. The molecular formula is C21H23N6S+. The van der Waals surface area contributed by atoms with E-state index in [1.54, 1.807) is 4.90 Å². The first-order valence-corrected chi connectivity index (χ1v) is 10.5. The first kappa shape index (κ1) is 17.3. The lowest BCUT2D eigenvalue weighted by Gasteiger charge is -2.33. The maximum atomic E-state index is 4.53. The van der Waals surface area contributed by atoms with E-state index >= 15 is 0 Å².